The zero-order chi connectivity index (χ0) is 11.5. The van der Waals surface area contributed by atoms with Crippen LogP contribution >= 0.6 is 0 Å². The highest BCUT2D eigenvalue weighted by molar-refractivity contribution is 5.90. The molecule has 0 bridgehead atoms. The third-order valence-corrected chi connectivity index (χ3v) is 1.75. The summed E-state index contributed by atoms with van der Waals surface area (Å²) in [5.41, 5.74) is -0.980. The third-order valence-electron chi connectivity index (χ3n) is 1.75. The van der Waals surface area contributed by atoms with Crippen LogP contribution in [-0.2, 0) is 0 Å². The van der Waals surface area contributed by atoms with Crippen LogP contribution in [0.3, 0.4) is 0 Å². The predicted molar refractivity (Wildman–Crippen MR) is 53.7 cm³/mol. The Morgan fingerprint density at radius 3 is 2.60 bits per heavy atom. The predicted octanol–water partition coefficient (Wildman–Crippen LogP) is 2.07. The highest BCUT2D eigenvalue weighted by Gasteiger charge is 2.21. The van der Waals surface area contributed by atoms with Gasteiger partial charge in [0.1, 0.15) is 17.4 Å². The number of carboxylic acids is 1. The largest absolute Gasteiger partial charge is 0.478 e. The molecular weight excluding hydrogens is 194 g/mol. The van der Waals surface area contributed by atoms with E-state index in [0.29, 0.717) is 0 Å². The maximum atomic E-state index is 10.8. The Kier molecular flexibility index (Phi) is 2.96. The number of para-hydroxylation sites is 1. The molecule has 0 saturated carbocycles. The minimum Gasteiger partial charge on any atom is -0.478 e. The van der Waals surface area contributed by atoms with Crippen LogP contribution < -0.4 is 4.74 Å². The number of hydrogen-bond donors (Lipinski definition) is 1. The topological polar surface area (TPSA) is 70.3 Å². The van der Waals surface area contributed by atoms with Gasteiger partial charge in [-0.3, -0.25) is 0 Å². The fourth-order valence-electron chi connectivity index (χ4n) is 1.03. The van der Waals surface area contributed by atoms with Gasteiger partial charge in [0, 0.05) is 0 Å². The molecule has 1 rings (SSSR count). The van der Waals surface area contributed by atoms with Crippen LogP contribution in [0.4, 0.5) is 0 Å². The van der Waals surface area contributed by atoms with Gasteiger partial charge in [-0.25, -0.2) is 4.79 Å². The van der Waals surface area contributed by atoms with E-state index in [1.54, 1.807) is 26.0 Å². The highest BCUT2D eigenvalue weighted by Crippen LogP contribution is 2.22. The van der Waals surface area contributed by atoms with Gasteiger partial charge in [0.15, 0.2) is 5.60 Å². The molecule has 0 amide bonds. The molecule has 0 aliphatic rings. The van der Waals surface area contributed by atoms with Crippen LogP contribution in [0.1, 0.15) is 24.2 Å². The fourth-order valence-corrected chi connectivity index (χ4v) is 1.03. The van der Waals surface area contributed by atoms with Gasteiger partial charge in [0.05, 0.1) is 0 Å². The molecule has 1 aromatic carbocycles. The minimum absolute atomic E-state index is 0.0563. The first-order valence-electron chi connectivity index (χ1n) is 4.39. The average Bonchev–Trinajstić information content (AvgIpc) is 2.18. The number of carboxylic acid groups (broad SMARTS) is 1. The molecule has 0 radical (unpaired) electrons. The second-order valence-corrected chi connectivity index (χ2v) is 3.53. The van der Waals surface area contributed by atoms with Crippen molar-refractivity contribution in [2.75, 3.05) is 0 Å². The third kappa shape index (κ3) is 2.71. The summed E-state index contributed by atoms with van der Waals surface area (Å²) in [6, 6.07) is 8.18. The number of rotatable bonds is 3. The minimum atomic E-state index is -1.07. The molecule has 78 valence electrons. The standard InChI is InChI=1S/C11H11NO3/c1-11(2,7-12)15-9-6-4-3-5-8(9)10(13)14/h3-6H,1-2H3,(H,13,14). The first kappa shape index (κ1) is 11.1. The monoisotopic (exact) mass is 205 g/mol. The van der Waals surface area contributed by atoms with Crippen molar-refractivity contribution >= 4 is 5.97 Å². The van der Waals surface area contributed by atoms with Crippen molar-refractivity contribution in [2.45, 2.75) is 19.4 Å². The fraction of sp³-hybridized carbons (Fsp3) is 0.273. The van der Waals surface area contributed by atoms with E-state index in [4.69, 9.17) is 15.1 Å². The molecule has 1 N–H and O–H groups in total. The van der Waals surface area contributed by atoms with Crippen molar-refractivity contribution in [3.8, 4) is 11.8 Å². The lowest BCUT2D eigenvalue weighted by Gasteiger charge is -2.19. The lowest BCUT2D eigenvalue weighted by atomic mass is 10.1. The van der Waals surface area contributed by atoms with Gasteiger partial charge in [0.2, 0.25) is 0 Å². The molecule has 0 fully saturated rings. The summed E-state index contributed by atoms with van der Waals surface area (Å²) in [6.45, 7) is 3.15. The normalized spacial score (nSPS) is 10.5. The summed E-state index contributed by atoms with van der Waals surface area (Å²) in [7, 11) is 0. The molecular formula is C11H11NO3. The quantitative estimate of drug-likeness (QED) is 0.819. The number of ether oxygens (including phenoxy) is 1. The molecule has 0 unspecified atom stereocenters. The van der Waals surface area contributed by atoms with E-state index in [0.717, 1.165) is 0 Å². The van der Waals surface area contributed by atoms with Crippen LogP contribution in [0.15, 0.2) is 24.3 Å². The number of hydrogen-bond acceptors (Lipinski definition) is 3. The van der Waals surface area contributed by atoms with E-state index < -0.39 is 11.6 Å². The Morgan fingerprint density at radius 1 is 1.47 bits per heavy atom. The van der Waals surface area contributed by atoms with Crippen LogP contribution in [-0.4, -0.2) is 16.7 Å². The van der Waals surface area contributed by atoms with Crippen molar-refractivity contribution in [1.29, 1.82) is 5.26 Å². The number of nitrogens with zero attached hydrogens (tertiary/aromatic N) is 1. The van der Waals surface area contributed by atoms with Crippen molar-refractivity contribution in [1.82, 2.24) is 0 Å². The van der Waals surface area contributed by atoms with Gasteiger partial charge >= 0.3 is 5.97 Å². The number of carbonyl (C=O) groups is 1. The Morgan fingerprint density at radius 2 is 2.07 bits per heavy atom. The molecule has 0 aromatic heterocycles. The first-order chi connectivity index (χ1) is 6.96. The molecule has 0 spiro atoms. The van der Waals surface area contributed by atoms with E-state index in [9.17, 15) is 4.79 Å². The lowest BCUT2D eigenvalue weighted by Crippen LogP contribution is -2.26. The van der Waals surface area contributed by atoms with Crippen LogP contribution in [0.2, 0.25) is 0 Å². The van der Waals surface area contributed by atoms with E-state index in [1.807, 2.05) is 6.07 Å². The molecule has 0 saturated heterocycles. The van der Waals surface area contributed by atoms with E-state index in [-0.39, 0.29) is 11.3 Å². The van der Waals surface area contributed by atoms with Gasteiger partial charge in [0.25, 0.3) is 0 Å². The number of benzene rings is 1. The van der Waals surface area contributed by atoms with Gasteiger partial charge < -0.3 is 9.84 Å². The zero-order valence-electron chi connectivity index (χ0n) is 8.52. The molecule has 1 aromatic rings. The maximum absolute atomic E-state index is 10.8. The Hall–Kier alpha value is -2.02. The molecule has 0 heterocycles. The molecule has 15 heavy (non-hydrogen) atoms. The maximum Gasteiger partial charge on any atom is 0.339 e. The van der Waals surface area contributed by atoms with Gasteiger partial charge in [-0.1, -0.05) is 12.1 Å². The first-order valence-corrected chi connectivity index (χ1v) is 4.39. The second-order valence-electron chi connectivity index (χ2n) is 3.53. The van der Waals surface area contributed by atoms with E-state index >= 15 is 0 Å². The number of aromatic carboxylic acids is 1. The summed E-state index contributed by atoms with van der Waals surface area (Å²) in [5.74, 6) is -0.865. The molecule has 4 heteroatoms. The van der Waals surface area contributed by atoms with Crippen molar-refractivity contribution in [2.24, 2.45) is 0 Å². The SMILES string of the molecule is CC(C)(C#N)Oc1ccccc1C(=O)O. The lowest BCUT2D eigenvalue weighted by molar-refractivity contribution is 0.0686. The van der Waals surface area contributed by atoms with Crippen molar-refractivity contribution in [3.63, 3.8) is 0 Å². The van der Waals surface area contributed by atoms with E-state index in [2.05, 4.69) is 0 Å². The van der Waals surface area contributed by atoms with Crippen LogP contribution in [0.25, 0.3) is 0 Å². The summed E-state index contributed by atoms with van der Waals surface area (Å²) < 4.78 is 5.30. The molecule has 0 aliphatic carbocycles. The Bertz CT molecular complexity index is 418. The summed E-state index contributed by atoms with van der Waals surface area (Å²) in [6.07, 6.45) is 0. The average molecular weight is 205 g/mol. The van der Waals surface area contributed by atoms with Crippen LogP contribution in [0.5, 0.6) is 5.75 Å². The smallest absolute Gasteiger partial charge is 0.339 e. The van der Waals surface area contributed by atoms with Gasteiger partial charge in [-0.15, -0.1) is 0 Å². The molecule has 0 atom stereocenters. The Balaban J connectivity index is 3.06. The molecule has 0 aliphatic heterocycles. The summed E-state index contributed by atoms with van der Waals surface area (Å²) >= 11 is 0. The summed E-state index contributed by atoms with van der Waals surface area (Å²) in [4.78, 5) is 10.8. The molecule has 4 nitrogen and oxygen atoms in total. The highest BCUT2D eigenvalue weighted by atomic mass is 16.5. The van der Waals surface area contributed by atoms with E-state index in [1.165, 1.54) is 12.1 Å². The van der Waals surface area contributed by atoms with Crippen molar-refractivity contribution in [3.05, 3.63) is 29.8 Å². The zero-order valence-corrected chi connectivity index (χ0v) is 8.52. The second kappa shape index (κ2) is 4.01. The Labute approximate surface area is 87.7 Å². The van der Waals surface area contributed by atoms with Crippen LogP contribution in [0, 0.1) is 11.3 Å². The van der Waals surface area contributed by atoms with Gasteiger partial charge in [-0.2, -0.15) is 5.26 Å². The summed E-state index contributed by atoms with van der Waals surface area (Å²) in [5, 5.41) is 17.6. The van der Waals surface area contributed by atoms with Gasteiger partial charge in [-0.05, 0) is 26.0 Å². The van der Waals surface area contributed by atoms with Crippen molar-refractivity contribution < 1.29 is 14.6 Å². The number of nitriles is 1.